The van der Waals surface area contributed by atoms with E-state index in [0.29, 0.717) is 10.8 Å². The number of carbonyl (C=O) groups excluding carboxylic acids is 1. The Kier molecular flexibility index (Phi) is 7.53. The van der Waals surface area contributed by atoms with Crippen LogP contribution in [0.1, 0.15) is 38.7 Å². The number of aromatic nitrogens is 2. The van der Waals surface area contributed by atoms with Crippen molar-refractivity contribution in [3.63, 3.8) is 0 Å². The number of esters is 1. The lowest BCUT2D eigenvalue weighted by molar-refractivity contribution is -0.140. The largest absolute Gasteiger partial charge is 0.469 e. The van der Waals surface area contributed by atoms with Gasteiger partial charge in [-0.25, -0.2) is 0 Å². The van der Waals surface area contributed by atoms with Crippen molar-refractivity contribution in [3.05, 3.63) is 39.0 Å². The van der Waals surface area contributed by atoms with Gasteiger partial charge in [0.15, 0.2) is 10.9 Å². The van der Waals surface area contributed by atoms with E-state index in [-0.39, 0.29) is 46.0 Å². The zero-order valence-electron chi connectivity index (χ0n) is 15.3. The smallest absolute Gasteiger partial charge is 0.307 e. The summed E-state index contributed by atoms with van der Waals surface area (Å²) in [6.45, 7) is 5.82. The molecular weight excluding hydrogens is 413 g/mol. The maximum absolute atomic E-state index is 11.3. The van der Waals surface area contributed by atoms with E-state index < -0.39 is 0 Å². The summed E-state index contributed by atoms with van der Waals surface area (Å²) in [5.74, 6) is 0.348. The predicted molar refractivity (Wildman–Crippen MR) is 107 cm³/mol. The van der Waals surface area contributed by atoms with E-state index in [1.165, 1.54) is 7.11 Å². The van der Waals surface area contributed by atoms with Crippen LogP contribution in [0.2, 0.25) is 15.2 Å². The number of ether oxygens (including phenoxy) is 2. The number of rotatable bonds is 7. The molecule has 0 aliphatic carbocycles. The molecule has 1 N–H and O–H groups in total. The minimum atomic E-state index is -0.311. The Hall–Kier alpha value is -1.76. The lowest BCUT2D eigenvalue weighted by atomic mass is 10.1. The van der Waals surface area contributed by atoms with Crippen molar-refractivity contribution >= 4 is 46.5 Å². The van der Waals surface area contributed by atoms with Crippen LogP contribution in [0.4, 0.5) is 5.69 Å². The van der Waals surface area contributed by atoms with Crippen LogP contribution in [0.5, 0.6) is 11.6 Å². The highest BCUT2D eigenvalue weighted by Gasteiger charge is 2.16. The molecule has 1 heterocycles. The van der Waals surface area contributed by atoms with Crippen LogP contribution in [0.3, 0.4) is 0 Å². The second-order valence-corrected chi connectivity index (χ2v) is 7.45. The summed E-state index contributed by atoms with van der Waals surface area (Å²) in [4.78, 5) is 11.3. The van der Waals surface area contributed by atoms with Gasteiger partial charge in [0, 0.05) is 17.8 Å². The summed E-state index contributed by atoms with van der Waals surface area (Å²) in [7, 11) is 1.35. The zero-order chi connectivity index (χ0) is 20.1. The first-order valence-corrected chi connectivity index (χ1v) is 9.38. The molecule has 2 rings (SSSR count). The van der Waals surface area contributed by atoms with E-state index in [1.54, 1.807) is 18.2 Å². The fourth-order valence-corrected chi connectivity index (χ4v) is 3.22. The van der Waals surface area contributed by atoms with Crippen molar-refractivity contribution in [2.24, 2.45) is 0 Å². The summed E-state index contributed by atoms with van der Waals surface area (Å²) in [6.07, 6.45) is 0.211. The van der Waals surface area contributed by atoms with Crippen LogP contribution >= 0.6 is 34.8 Å². The number of benzene rings is 1. The van der Waals surface area contributed by atoms with Crippen LogP contribution in [-0.2, 0) is 9.53 Å². The molecule has 146 valence electrons. The van der Waals surface area contributed by atoms with Crippen molar-refractivity contribution in [3.8, 4) is 11.6 Å². The molecule has 1 aromatic heterocycles. The lowest BCUT2D eigenvalue weighted by Crippen LogP contribution is -2.20. The standard InChI is InChI=1S/C18H20Cl3N3O3/c1-9(2)12-8-15(23-24-18(12)21)27-17-13(19)6-11(7-14(17)20)22-10(3)5-16(25)26-4/h6-10,22H,5H2,1-4H3. The third-order valence-electron chi connectivity index (χ3n) is 3.69. The van der Waals surface area contributed by atoms with E-state index in [9.17, 15) is 4.79 Å². The quantitative estimate of drug-likeness (QED) is 0.564. The van der Waals surface area contributed by atoms with Gasteiger partial charge in [0.2, 0.25) is 5.88 Å². The van der Waals surface area contributed by atoms with Crippen LogP contribution in [0.25, 0.3) is 0 Å². The Balaban J connectivity index is 2.20. The Labute approximate surface area is 173 Å². The van der Waals surface area contributed by atoms with Gasteiger partial charge < -0.3 is 14.8 Å². The molecule has 0 aliphatic rings. The average molecular weight is 433 g/mol. The number of hydrogen-bond acceptors (Lipinski definition) is 6. The first-order valence-electron chi connectivity index (χ1n) is 8.24. The molecular formula is C18H20Cl3N3O3. The number of carbonyl (C=O) groups is 1. The normalized spacial score (nSPS) is 12.0. The minimum absolute atomic E-state index is 0.157. The maximum atomic E-state index is 11.3. The van der Waals surface area contributed by atoms with Gasteiger partial charge in [-0.15, -0.1) is 10.2 Å². The number of halogens is 3. The number of hydrogen-bond donors (Lipinski definition) is 1. The average Bonchev–Trinajstić information content (AvgIpc) is 2.58. The van der Waals surface area contributed by atoms with Crippen LogP contribution in [0.15, 0.2) is 18.2 Å². The second-order valence-electron chi connectivity index (χ2n) is 6.28. The van der Waals surface area contributed by atoms with Gasteiger partial charge in [-0.05, 0) is 30.5 Å². The third-order valence-corrected chi connectivity index (χ3v) is 4.55. The summed E-state index contributed by atoms with van der Waals surface area (Å²) >= 11 is 18.7. The van der Waals surface area contributed by atoms with E-state index in [1.807, 2.05) is 20.8 Å². The number of nitrogens with one attached hydrogen (secondary N) is 1. The molecule has 0 saturated carbocycles. The molecule has 0 aliphatic heterocycles. The molecule has 0 spiro atoms. The number of nitrogens with zero attached hydrogens (tertiary/aromatic N) is 2. The van der Waals surface area contributed by atoms with Gasteiger partial charge in [0.25, 0.3) is 0 Å². The highest BCUT2D eigenvalue weighted by atomic mass is 35.5. The predicted octanol–water partition coefficient (Wildman–Crippen LogP) is 5.72. The number of methoxy groups -OCH3 is 1. The Morgan fingerprint density at radius 2 is 1.74 bits per heavy atom. The van der Waals surface area contributed by atoms with Gasteiger partial charge >= 0.3 is 5.97 Å². The Bertz CT molecular complexity index is 808. The van der Waals surface area contributed by atoms with E-state index in [4.69, 9.17) is 39.5 Å². The van der Waals surface area contributed by atoms with E-state index in [0.717, 1.165) is 5.56 Å². The van der Waals surface area contributed by atoms with Gasteiger partial charge in [0.1, 0.15) is 0 Å². The SMILES string of the molecule is COC(=O)CC(C)Nc1cc(Cl)c(Oc2cc(C(C)C)c(Cl)nn2)c(Cl)c1. The van der Waals surface area contributed by atoms with Gasteiger partial charge in [-0.1, -0.05) is 48.7 Å². The first kappa shape index (κ1) is 21.5. The van der Waals surface area contributed by atoms with Gasteiger partial charge in [-0.2, -0.15) is 0 Å². The second kappa shape index (κ2) is 9.44. The molecule has 0 amide bonds. The van der Waals surface area contributed by atoms with Gasteiger partial charge in [0.05, 0.1) is 23.6 Å². The van der Waals surface area contributed by atoms with Crippen molar-refractivity contribution in [1.82, 2.24) is 10.2 Å². The summed E-state index contributed by atoms with van der Waals surface area (Å²) < 4.78 is 10.4. The van der Waals surface area contributed by atoms with Crippen LogP contribution in [-0.4, -0.2) is 29.3 Å². The molecule has 0 saturated heterocycles. The van der Waals surface area contributed by atoms with Crippen molar-refractivity contribution < 1.29 is 14.3 Å². The van der Waals surface area contributed by atoms with E-state index in [2.05, 4.69) is 20.3 Å². The fourth-order valence-electron chi connectivity index (χ4n) is 2.34. The Morgan fingerprint density at radius 1 is 1.11 bits per heavy atom. The molecule has 9 heteroatoms. The maximum Gasteiger partial charge on any atom is 0.307 e. The highest BCUT2D eigenvalue weighted by Crippen LogP contribution is 2.39. The fraction of sp³-hybridized carbons (Fsp3) is 0.389. The summed E-state index contributed by atoms with van der Waals surface area (Å²) in [5.41, 5.74) is 1.46. The molecule has 2 aromatic rings. The molecule has 6 nitrogen and oxygen atoms in total. The van der Waals surface area contributed by atoms with Crippen molar-refractivity contribution in [2.45, 2.75) is 39.2 Å². The zero-order valence-corrected chi connectivity index (χ0v) is 17.6. The summed E-state index contributed by atoms with van der Waals surface area (Å²) in [6, 6.07) is 4.86. The summed E-state index contributed by atoms with van der Waals surface area (Å²) in [5, 5.41) is 11.9. The minimum Gasteiger partial charge on any atom is -0.469 e. The molecule has 0 fully saturated rings. The lowest BCUT2D eigenvalue weighted by Gasteiger charge is -2.16. The molecule has 1 atom stereocenters. The molecule has 27 heavy (non-hydrogen) atoms. The molecule has 1 unspecified atom stereocenters. The van der Waals surface area contributed by atoms with Crippen LogP contribution in [0, 0.1) is 0 Å². The Morgan fingerprint density at radius 3 is 2.30 bits per heavy atom. The molecule has 0 radical (unpaired) electrons. The molecule has 1 aromatic carbocycles. The van der Waals surface area contributed by atoms with Crippen LogP contribution < -0.4 is 10.1 Å². The van der Waals surface area contributed by atoms with Gasteiger partial charge in [-0.3, -0.25) is 4.79 Å². The highest BCUT2D eigenvalue weighted by molar-refractivity contribution is 6.37. The first-order chi connectivity index (χ1) is 12.7. The third kappa shape index (κ3) is 5.86. The number of anilines is 1. The van der Waals surface area contributed by atoms with Crippen molar-refractivity contribution in [2.75, 3.05) is 12.4 Å². The molecule has 0 bridgehead atoms. The monoisotopic (exact) mass is 431 g/mol. The van der Waals surface area contributed by atoms with Crippen molar-refractivity contribution in [1.29, 1.82) is 0 Å². The topological polar surface area (TPSA) is 73.3 Å². The van der Waals surface area contributed by atoms with E-state index >= 15 is 0 Å².